The molecule has 5 nitrogen and oxygen atoms in total. The van der Waals surface area contributed by atoms with Crippen LogP contribution in [0.1, 0.15) is 45.4 Å². The minimum atomic E-state index is 0. The van der Waals surface area contributed by atoms with Crippen molar-refractivity contribution in [1.29, 1.82) is 0 Å². The average molecular weight is 436 g/mol. The third-order valence-electron chi connectivity index (χ3n) is 5.34. The van der Waals surface area contributed by atoms with Crippen LogP contribution in [0.25, 0.3) is 0 Å². The highest BCUT2D eigenvalue weighted by atomic mass is 127. The number of aliphatic imine (C=N–C) groups is 1. The van der Waals surface area contributed by atoms with E-state index >= 15 is 0 Å². The molecule has 4 atom stereocenters. The van der Waals surface area contributed by atoms with Gasteiger partial charge in [-0.3, -0.25) is 4.99 Å². The largest absolute Gasteiger partial charge is 0.373 e. The zero-order chi connectivity index (χ0) is 15.4. The van der Waals surface area contributed by atoms with Crippen molar-refractivity contribution in [3.8, 4) is 0 Å². The van der Waals surface area contributed by atoms with E-state index in [2.05, 4.69) is 27.4 Å². The first-order valence-corrected chi connectivity index (χ1v) is 9.09. The molecule has 2 N–H and O–H groups in total. The first-order valence-electron chi connectivity index (χ1n) is 9.09. The van der Waals surface area contributed by atoms with Gasteiger partial charge in [0.05, 0.1) is 18.2 Å². The normalized spacial score (nSPS) is 34.3. The Balaban J connectivity index is 0.00000192. The number of rotatable bonds is 5. The van der Waals surface area contributed by atoms with Gasteiger partial charge in [0.2, 0.25) is 0 Å². The van der Waals surface area contributed by atoms with Crippen LogP contribution in [0.2, 0.25) is 0 Å². The van der Waals surface area contributed by atoms with Crippen molar-refractivity contribution in [3.63, 3.8) is 0 Å². The molecule has 0 aromatic rings. The van der Waals surface area contributed by atoms with Gasteiger partial charge in [-0.2, -0.15) is 0 Å². The molecule has 0 radical (unpaired) electrons. The highest BCUT2D eigenvalue weighted by Gasteiger charge is 2.41. The number of ether oxygens (including phenoxy) is 1. The predicted molar refractivity (Wildman–Crippen MR) is 106 cm³/mol. The van der Waals surface area contributed by atoms with Crippen LogP contribution in [0, 0.1) is 5.92 Å². The quantitative estimate of drug-likeness (QED) is 0.300. The Morgan fingerprint density at radius 2 is 2.17 bits per heavy atom. The lowest BCUT2D eigenvalue weighted by molar-refractivity contribution is 0.0992. The molecular formula is C17H33IN4O. The zero-order valence-electron chi connectivity index (χ0n) is 14.6. The van der Waals surface area contributed by atoms with Crippen molar-refractivity contribution < 1.29 is 4.74 Å². The van der Waals surface area contributed by atoms with Gasteiger partial charge in [0.1, 0.15) is 0 Å². The minimum absolute atomic E-state index is 0. The van der Waals surface area contributed by atoms with Crippen LogP contribution in [-0.2, 0) is 4.74 Å². The van der Waals surface area contributed by atoms with E-state index in [9.17, 15) is 0 Å². The van der Waals surface area contributed by atoms with Gasteiger partial charge in [0.25, 0.3) is 0 Å². The minimum Gasteiger partial charge on any atom is -0.373 e. The van der Waals surface area contributed by atoms with E-state index in [-0.39, 0.29) is 24.0 Å². The molecule has 0 aromatic heterocycles. The van der Waals surface area contributed by atoms with E-state index in [1.54, 1.807) is 0 Å². The maximum atomic E-state index is 5.89. The van der Waals surface area contributed by atoms with Gasteiger partial charge in [-0.15, -0.1) is 24.0 Å². The number of halogens is 1. The third kappa shape index (κ3) is 5.46. The third-order valence-corrected chi connectivity index (χ3v) is 5.34. The molecule has 3 aliphatic heterocycles. The maximum absolute atomic E-state index is 5.89. The SMILES string of the molecule is CN=C(NCCCN1CCCC(C)C1)NC1CC2CCC1O2.I. The molecule has 3 rings (SSSR count). The molecule has 0 aliphatic carbocycles. The molecule has 3 saturated heterocycles. The van der Waals surface area contributed by atoms with Gasteiger partial charge < -0.3 is 20.3 Å². The van der Waals surface area contributed by atoms with E-state index < -0.39 is 0 Å². The number of nitrogens with zero attached hydrogens (tertiary/aromatic N) is 2. The van der Waals surface area contributed by atoms with Crippen LogP contribution in [-0.4, -0.2) is 62.3 Å². The fraction of sp³-hybridized carbons (Fsp3) is 0.941. The summed E-state index contributed by atoms with van der Waals surface area (Å²) in [6, 6.07) is 0.452. The van der Waals surface area contributed by atoms with Gasteiger partial charge in [-0.05, 0) is 57.5 Å². The number of piperidine rings is 1. The Morgan fingerprint density at radius 3 is 2.83 bits per heavy atom. The molecule has 3 heterocycles. The molecule has 134 valence electrons. The summed E-state index contributed by atoms with van der Waals surface area (Å²) in [6.07, 6.45) is 8.41. The average Bonchev–Trinajstić information content (AvgIpc) is 3.13. The molecule has 23 heavy (non-hydrogen) atoms. The summed E-state index contributed by atoms with van der Waals surface area (Å²) >= 11 is 0. The molecule has 3 aliphatic rings. The first-order chi connectivity index (χ1) is 10.7. The number of nitrogens with one attached hydrogen (secondary N) is 2. The van der Waals surface area contributed by atoms with Gasteiger partial charge in [0, 0.05) is 20.1 Å². The van der Waals surface area contributed by atoms with Crippen molar-refractivity contribution in [2.45, 2.75) is 63.7 Å². The fourth-order valence-electron chi connectivity index (χ4n) is 4.16. The van der Waals surface area contributed by atoms with Crippen LogP contribution < -0.4 is 10.6 Å². The second kappa shape index (κ2) is 9.42. The van der Waals surface area contributed by atoms with Gasteiger partial charge in [-0.25, -0.2) is 0 Å². The van der Waals surface area contributed by atoms with E-state index in [4.69, 9.17) is 4.74 Å². The Bertz CT molecular complexity index is 393. The lowest BCUT2D eigenvalue weighted by Gasteiger charge is -2.30. The molecule has 0 saturated carbocycles. The molecule has 2 bridgehead atoms. The van der Waals surface area contributed by atoms with Crippen LogP contribution >= 0.6 is 24.0 Å². The predicted octanol–water partition coefficient (Wildman–Crippen LogP) is 2.21. The van der Waals surface area contributed by atoms with E-state index in [1.165, 1.54) is 51.7 Å². The lowest BCUT2D eigenvalue weighted by atomic mass is 9.96. The first kappa shape index (κ1) is 19.2. The summed E-state index contributed by atoms with van der Waals surface area (Å²) < 4.78 is 5.89. The Kier molecular flexibility index (Phi) is 7.88. The number of hydrogen-bond donors (Lipinski definition) is 2. The lowest BCUT2D eigenvalue weighted by Crippen LogP contribution is -2.48. The summed E-state index contributed by atoms with van der Waals surface area (Å²) in [4.78, 5) is 6.96. The van der Waals surface area contributed by atoms with Crippen molar-refractivity contribution in [2.75, 3.05) is 33.2 Å². The van der Waals surface area contributed by atoms with Crippen LogP contribution in [0.5, 0.6) is 0 Å². The van der Waals surface area contributed by atoms with Crippen molar-refractivity contribution >= 4 is 29.9 Å². The molecule has 6 heteroatoms. The molecule has 3 fully saturated rings. The summed E-state index contributed by atoms with van der Waals surface area (Å²) in [5, 5.41) is 7.01. The number of likely N-dealkylation sites (tertiary alicyclic amines) is 1. The van der Waals surface area contributed by atoms with Gasteiger partial charge >= 0.3 is 0 Å². The Hall–Kier alpha value is -0.0800. The Labute approximate surface area is 158 Å². The Morgan fingerprint density at radius 1 is 1.30 bits per heavy atom. The second-order valence-electron chi connectivity index (χ2n) is 7.26. The smallest absolute Gasteiger partial charge is 0.191 e. The van der Waals surface area contributed by atoms with E-state index in [0.29, 0.717) is 18.2 Å². The zero-order valence-corrected chi connectivity index (χ0v) is 16.9. The van der Waals surface area contributed by atoms with Crippen molar-refractivity contribution in [2.24, 2.45) is 10.9 Å². The standard InChI is InChI=1S/C17H32N4O.HI/c1-13-5-3-9-21(12-13)10-4-8-19-17(18-2)20-15-11-14-6-7-16(15)22-14;/h13-16H,3-12H2,1-2H3,(H2,18,19,20);1H. The van der Waals surface area contributed by atoms with Gasteiger partial charge in [-0.1, -0.05) is 6.92 Å². The maximum Gasteiger partial charge on any atom is 0.191 e. The molecule has 0 amide bonds. The number of hydrogen-bond acceptors (Lipinski definition) is 3. The summed E-state index contributed by atoms with van der Waals surface area (Å²) in [6.45, 7) is 7.11. The number of fused-ring (bicyclic) bond motifs is 2. The van der Waals surface area contributed by atoms with Crippen LogP contribution in [0.3, 0.4) is 0 Å². The van der Waals surface area contributed by atoms with Gasteiger partial charge in [0.15, 0.2) is 5.96 Å². The van der Waals surface area contributed by atoms with Crippen LogP contribution in [0.4, 0.5) is 0 Å². The summed E-state index contributed by atoms with van der Waals surface area (Å²) in [5.74, 6) is 1.81. The molecule has 0 aromatic carbocycles. The highest BCUT2D eigenvalue weighted by molar-refractivity contribution is 14.0. The molecule has 4 unspecified atom stereocenters. The summed E-state index contributed by atoms with van der Waals surface area (Å²) in [7, 11) is 1.86. The van der Waals surface area contributed by atoms with Crippen LogP contribution in [0.15, 0.2) is 4.99 Å². The van der Waals surface area contributed by atoms with Crippen molar-refractivity contribution in [1.82, 2.24) is 15.5 Å². The topological polar surface area (TPSA) is 48.9 Å². The molecule has 0 spiro atoms. The monoisotopic (exact) mass is 436 g/mol. The fourth-order valence-corrected chi connectivity index (χ4v) is 4.16. The number of guanidine groups is 1. The highest BCUT2D eigenvalue weighted by Crippen LogP contribution is 2.34. The van der Waals surface area contributed by atoms with Crippen molar-refractivity contribution in [3.05, 3.63) is 0 Å². The molecular weight excluding hydrogens is 403 g/mol. The second-order valence-corrected chi connectivity index (χ2v) is 7.26. The summed E-state index contributed by atoms with van der Waals surface area (Å²) in [5.41, 5.74) is 0. The van der Waals surface area contributed by atoms with E-state index in [1.807, 2.05) is 7.05 Å². The van der Waals surface area contributed by atoms with E-state index in [0.717, 1.165) is 24.8 Å².